The maximum Gasteiger partial charge on any atom is 0.339 e. The average Bonchev–Trinajstić information content (AvgIpc) is 3.16. The van der Waals surface area contributed by atoms with Crippen LogP contribution in [-0.4, -0.2) is 6.73 Å². The summed E-state index contributed by atoms with van der Waals surface area (Å²) in [6.45, 7) is 7.56. The number of hydrogen-bond acceptors (Lipinski definition) is 4. The molecule has 0 spiro atoms. The molecule has 0 unspecified atom stereocenters. The van der Waals surface area contributed by atoms with Crippen LogP contribution in [0.2, 0.25) is 0 Å². The van der Waals surface area contributed by atoms with Crippen LogP contribution >= 0.6 is 0 Å². The Labute approximate surface area is 158 Å². The summed E-state index contributed by atoms with van der Waals surface area (Å²) in [4.78, 5) is 14.6. The Bertz CT molecular complexity index is 1140. The fraction of sp³-hybridized carbons (Fsp3) is 0.348. The van der Waals surface area contributed by atoms with Crippen molar-refractivity contribution in [3.8, 4) is 5.75 Å². The summed E-state index contributed by atoms with van der Waals surface area (Å²) in [7, 11) is 0. The molecular weight excluding hydrogens is 338 g/mol. The van der Waals surface area contributed by atoms with E-state index in [1.807, 2.05) is 6.92 Å². The van der Waals surface area contributed by atoms with E-state index in [1.165, 1.54) is 22.4 Å². The fourth-order valence-electron chi connectivity index (χ4n) is 4.43. The first kappa shape index (κ1) is 16.4. The average molecular weight is 361 g/mol. The second-order valence-corrected chi connectivity index (χ2v) is 7.81. The third kappa shape index (κ3) is 2.47. The molecule has 1 aromatic heterocycles. The second-order valence-electron chi connectivity index (χ2n) is 7.81. The van der Waals surface area contributed by atoms with Crippen molar-refractivity contribution < 1.29 is 9.15 Å². The van der Waals surface area contributed by atoms with Crippen molar-refractivity contribution >= 4 is 16.7 Å². The summed E-state index contributed by atoms with van der Waals surface area (Å²) < 4.78 is 11.8. The van der Waals surface area contributed by atoms with Gasteiger partial charge in [-0.2, -0.15) is 0 Å². The molecule has 4 nitrogen and oxygen atoms in total. The molecule has 5 rings (SSSR count). The molecule has 0 radical (unpaired) electrons. The number of benzene rings is 2. The van der Waals surface area contributed by atoms with E-state index >= 15 is 0 Å². The van der Waals surface area contributed by atoms with E-state index in [4.69, 9.17) is 9.15 Å². The monoisotopic (exact) mass is 361 g/mol. The Balaban J connectivity index is 1.63. The quantitative estimate of drug-likeness (QED) is 0.596. The lowest BCUT2D eigenvalue weighted by atomic mass is 9.99. The highest BCUT2D eigenvalue weighted by atomic mass is 16.5. The summed E-state index contributed by atoms with van der Waals surface area (Å²) in [6.07, 6.45) is 2.81. The molecule has 2 aromatic carbocycles. The molecule has 1 aliphatic carbocycles. The van der Waals surface area contributed by atoms with Gasteiger partial charge in [0, 0.05) is 34.3 Å². The number of rotatable bonds is 1. The molecule has 0 amide bonds. The Morgan fingerprint density at radius 1 is 1.00 bits per heavy atom. The van der Waals surface area contributed by atoms with Gasteiger partial charge < -0.3 is 14.1 Å². The molecule has 1 aliphatic heterocycles. The zero-order valence-corrected chi connectivity index (χ0v) is 16.0. The highest BCUT2D eigenvalue weighted by molar-refractivity contribution is 5.88. The highest BCUT2D eigenvalue weighted by Crippen LogP contribution is 2.39. The van der Waals surface area contributed by atoms with E-state index in [2.05, 4.69) is 43.0 Å². The largest absolute Gasteiger partial charge is 0.472 e. The SMILES string of the molecule is Cc1ccc(N2COc3c(cc4c5c(c(=O)oc4c3C)CCC5)C2)cc1C. The van der Waals surface area contributed by atoms with Gasteiger partial charge in [-0.15, -0.1) is 0 Å². The van der Waals surface area contributed by atoms with Crippen LogP contribution in [-0.2, 0) is 19.4 Å². The van der Waals surface area contributed by atoms with Crippen molar-refractivity contribution in [2.45, 2.75) is 46.6 Å². The van der Waals surface area contributed by atoms with Gasteiger partial charge in [-0.3, -0.25) is 0 Å². The van der Waals surface area contributed by atoms with Gasteiger partial charge in [-0.1, -0.05) is 6.07 Å². The van der Waals surface area contributed by atoms with Crippen LogP contribution < -0.4 is 15.3 Å². The smallest absolute Gasteiger partial charge is 0.339 e. The fourth-order valence-corrected chi connectivity index (χ4v) is 4.43. The Hall–Kier alpha value is -2.75. The van der Waals surface area contributed by atoms with Crippen LogP contribution in [0.25, 0.3) is 11.0 Å². The number of hydrogen-bond donors (Lipinski definition) is 0. The second kappa shape index (κ2) is 5.88. The summed E-state index contributed by atoms with van der Waals surface area (Å²) >= 11 is 0. The van der Waals surface area contributed by atoms with Gasteiger partial charge in [0.1, 0.15) is 11.3 Å². The summed E-state index contributed by atoms with van der Waals surface area (Å²) in [5, 5.41) is 1.09. The maximum atomic E-state index is 12.3. The van der Waals surface area contributed by atoms with Crippen molar-refractivity contribution in [2.24, 2.45) is 0 Å². The minimum atomic E-state index is -0.175. The molecule has 2 heterocycles. The van der Waals surface area contributed by atoms with E-state index in [1.54, 1.807) is 0 Å². The Morgan fingerprint density at radius 3 is 2.63 bits per heavy atom. The number of fused-ring (bicyclic) bond motifs is 4. The molecule has 0 saturated heterocycles. The molecule has 4 heteroatoms. The molecule has 0 saturated carbocycles. The van der Waals surface area contributed by atoms with Gasteiger partial charge in [0.2, 0.25) is 0 Å². The third-order valence-electron chi connectivity index (χ3n) is 6.10. The highest BCUT2D eigenvalue weighted by Gasteiger charge is 2.26. The molecule has 0 N–H and O–H groups in total. The van der Waals surface area contributed by atoms with E-state index in [9.17, 15) is 4.79 Å². The number of nitrogens with zero attached hydrogens (tertiary/aromatic N) is 1. The van der Waals surface area contributed by atoms with E-state index in [-0.39, 0.29) is 5.63 Å². The molecule has 138 valence electrons. The lowest BCUT2D eigenvalue weighted by Gasteiger charge is -2.32. The van der Waals surface area contributed by atoms with Crippen molar-refractivity contribution in [1.82, 2.24) is 0 Å². The molecule has 0 atom stereocenters. The normalized spacial score (nSPS) is 15.6. The van der Waals surface area contributed by atoms with E-state index < -0.39 is 0 Å². The molecule has 2 aliphatic rings. The van der Waals surface area contributed by atoms with Crippen molar-refractivity contribution in [1.29, 1.82) is 0 Å². The van der Waals surface area contributed by atoms with Gasteiger partial charge in [-0.05, 0) is 74.9 Å². The predicted octanol–water partition coefficient (Wildman–Crippen LogP) is 4.56. The van der Waals surface area contributed by atoms with Gasteiger partial charge in [0.15, 0.2) is 6.73 Å². The van der Waals surface area contributed by atoms with Crippen LogP contribution in [0.5, 0.6) is 5.75 Å². The van der Waals surface area contributed by atoms with Crippen LogP contribution in [0.15, 0.2) is 33.5 Å². The van der Waals surface area contributed by atoms with Crippen molar-refractivity contribution in [3.05, 3.63) is 68.1 Å². The third-order valence-corrected chi connectivity index (χ3v) is 6.10. The minimum absolute atomic E-state index is 0.175. The Morgan fingerprint density at radius 2 is 1.81 bits per heavy atom. The van der Waals surface area contributed by atoms with Crippen LogP contribution in [0, 0.1) is 20.8 Å². The first-order chi connectivity index (χ1) is 13.0. The lowest BCUT2D eigenvalue weighted by Crippen LogP contribution is -2.32. The van der Waals surface area contributed by atoms with Gasteiger partial charge in [-0.25, -0.2) is 4.79 Å². The zero-order valence-electron chi connectivity index (χ0n) is 16.0. The Kier molecular flexibility index (Phi) is 3.58. The number of anilines is 1. The molecule has 0 fully saturated rings. The molecular formula is C23H23NO3. The summed E-state index contributed by atoms with van der Waals surface area (Å²) in [6, 6.07) is 8.71. The van der Waals surface area contributed by atoms with Crippen LogP contribution in [0.4, 0.5) is 5.69 Å². The maximum absolute atomic E-state index is 12.3. The number of aryl methyl sites for hydroxylation is 4. The molecule has 0 bridgehead atoms. The zero-order chi connectivity index (χ0) is 18.7. The predicted molar refractivity (Wildman–Crippen MR) is 107 cm³/mol. The first-order valence-corrected chi connectivity index (χ1v) is 9.59. The van der Waals surface area contributed by atoms with Crippen molar-refractivity contribution in [2.75, 3.05) is 11.6 Å². The molecule has 3 aromatic rings. The first-order valence-electron chi connectivity index (χ1n) is 9.59. The number of ether oxygens (including phenoxy) is 1. The standard InChI is InChI=1S/C23H23NO3/c1-13-7-8-17(9-14(13)2)24-11-16-10-20-18-5-4-6-19(18)23(25)27-22(20)15(3)21(16)26-12-24/h7-10H,4-6,11-12H2,1-3H3. The van der Waals surface area contributed by atoms with Crippen LogP contribution in [0.1, 0.15) is 39.8 Å². The van der Waals surface area contributed by atoms with Crippen LogP contribution in [0.3, 0.4) is 0 Å². The summed E-state index contributed by atoms with van der Waals surface area (Å²) in [5.41, 5.74) is 8.41. The minimum Gasteiger partial charge on any atom is -0.472 e. The van der Waals surface area contributed by atoms with Gasteiger partial charge >= 0.3 is 5.63 Å². The van der Waals surface area contributed by atoms with Gasteiger partial charge in [0.25, 0.3) is 0 Å². The topological polar surface area (TPSA) is 42.7 Å². The molecule has 27 heavy (non-hydrogen) atoms. The van der Waals surface area contributed by atoms with E-state index in [0.717, 1.165) is 53.6 Å². The summed E-state index contributed by atoms with van der Waals surface area (Å²) in [5.74, 6) is 0.865. The van der Waals surface area contributed by atoms with E-state index in [0.29, 0.717) is 12.3 Å². The van der Waals surface area contributed by atoms with Crippen molar-refractivity contribution in [3.63, 3.8) is 0 Å². The lowest BCUT2D eigenvalue weighted by molar-refractivity contribution is 0.287. The van der Waals surface area contributed by atoms with Gasteiger partial charge in [0.05, 0.1) is 0 Å².